The number of aryl methyl sites for hydroxylation is 1. The average molecular weight is 480 g/mol. The lowest BCUT2D eigenvalue weighted by molar-refractivity contribution is -0.133. The third-order valence-corrected chi connectivity index (χ3v) is 7.57. The first-order valence-corrected chi connectivity index (χ1v) is 13.5. The van der Waals surface area contributed by atoms with E-state index in [4.69, 9.17) is 16.1 Å². The van der Waals surface area contributed by atoms with Crippen LogP contribution in [0.4, 0.5) is 0 Å². The van der Waals surface area contributed by atoms with Crippen molar-refractivity contribution in [2.24, 2.45) is 5.92 Å². The predicted octanol–water partition coefficient (Wildman–Crippen LogP) is 2.79. The number of halogens is 1. The molecule has 1 N–H and O–H groups in total. The highest BCUT2D eigenvalue weighted by atomic mass is 35.5. The summed E-state index contributed by atoms with van der Waals surface area (Å²) in [5, 5.41) is 3.82. The van der Waals surface area contributed by atoms with Gasteiger partial charge in [0.25, 0.3) is 0 Å². The van der Waals surface area contributed by atoms with Crippen LogP contribution in [-0.2, 0) is 26.0 Å². The maximum atomic E-state index is 12.4. The number of carbonyl (C=O) groups is 2. The summed E-state index contributed by atoms with van der Waals surface area (Å²) in [4.78, 5) is 26.3. The number of hydrogen-bond acceptors (Lipinski definition) is 7. The molecule has 0 saturated carbocycles. The first kappa shape index (κ1) is 25.0. The number of thioether (sulfide) groups is 1. The van der Waals surface area contributed by atoms with Crippen LogP contribution in [0.5, 0.6) is 0 Å². The zero-order valence-electron chi connectivity index (χ0n) is 17.5. The molecule has 11 heteroatoms. The number of likely N-dealkylation sites (tertiary alicyclic amines) is 1. The van der Waals surface area contributed by atoms with Crippen molar-refractivity contribution in [3.8, 4) is 0 Å². The topological polar surface area (TPSA) is 110 Å². The first-order valence-electron chi connectivity index (χ1n) is 10.1. The number of nitrogens with one attached hydrogen (secondary N) is 1. The minimum atomic E-state index is -3.78. The molecule has 2 amide bonds. The highest BCUT2D eigenvalue weighted by molar-refractivity contribution is 7.98. The van der Waals surface area contributed by atoms with E-state index >= 15 is 0 Å². The Labute approximate surface area is 187 Å². The van der Waals surface area contributed by atoms with E-state index in [1.165, 1.54) is 0 Å². The van der Waals surface area contributed by atoms with Crippen LogP contribution < -0.4 is 4.72 Å². The molecule has 8 nitrogen and oxygen atoms in total. The Morgan fingerprint density at radius 3 is 2.77 bits per heavy atom. The fraction of sp³-hybridized carbons (Fsp3) is 0.737. The smallest absolute Gasteiger partial charge is 0.235 e. The van der Waals surface area contributed by atoms with Crippen LogP contribution >= 0.6 is 23.4 Å². The van der Waals surface area contributed by atoms with Gasteiger partial charge >= 0.3 is 0 Å². The normalized spacial score (nSPS) is 17.2. The lowest BCUT2D eigenvalue weighted by Crippen LogP contribution is -2.44. The van der Waals surface area contributed by atoms with Crippen molar-refractivity contribution in [3.63, 3.8) is 0 Å². The summed E-state index contributed by atoms with van der Waals surface area (Å²) in [6.45, 7) is 2.80. The zero-order valence-corrected chi connectivity index (χ0v) is 19.9. The third-order valence-electron chi connectivity index (χ3n) is 5.12. The van der Waals surface area contributed by atoms with Crippen molar-refractivity contribution in [3.05, 3.63) is 16.5 Å². The first-order chi connectivity index (χ1) is 14.2. The largest absolute Gasteiger partial charge is 0.344 e. The van der Waals surface area contributed by atoms with E-state index in [1.807, 2.05) is 6.26 Å². The van der Waals surface area contributed by atoms with E-state index in [0.717, 1.165) is 31.4 Å². The van der Waals surface area contributed by atoms with Crippen molar-refractivity contribution in [2.45, 2.75) is 51.9 Å². The molecule has 1 atom stereocenters. The average Bonchev–Trinajstić information content (AvgIpc) is 3.00. The molecule has 2 heterocycles. The van der Waals surface area contributed by atoms with Crippen molar-refractivity contribution in [1.82, 2.24) is 14.8 Å². The number of amides is 2. The van der Waals surface area contributed by atoms with Gasteiger partial charge in [-0.25, -0.2) is 8.42 Å². The number of unbranched alkanes of at least 4 members (excludes halogenated alkanes) is 1. The number of sulfonamides is 1. The second kappa shape index (κ2) is 12.0. The van der Waals surface area contributed by atoms with Gasteiger partial charge in [0.1, 0.15) is 0 Å². The van der Waals surface area contributed by atoms with Gasteiger partial charge in [0.05, 0.1) is 11.4 Å². The molecule has 1 fully saturated rings. The molecule has 1 aliphatic rings. The van der Waals surface area contributed by atoms with Crippen LogP contribution in [0.1, 0.15) is 49.8 Å². The van der Waals surface area contributed by atoms with Gasteiger partial charge in [0, 0.05) is 31.5 Å². The second-order valence-corrected chi connectivity index (χ2v) is 10.7. The molecule has 0 bridgehead atoms. The molecular formula is C19H30ClN3O5S2. The van der Waals surface area contributed by atoms with Gasteiger partial charge in [-0.15, -0.1) is 0 Å². The Balaban J connectivity index is 1.79. The molecule has 1 saturated heterocycles. The molecule has 1 unspecified atom stereocenters. The molecule has 0 aliphatic carbocycles. The number of piperidine rings is 1. The van der Waals surface area contributed by atoms with Crippen molar-refractivity contribution in [2.75, 3.05) is 30.9 Å². The summed E-state index contributed by atoms with van der Waals surface area (Å²) in [6.07, 6.45) is 6.11. The van der Waals surface area contributed by atoms with E-state index in [1.54, 1.807) is 23.6 Å². The van der Waals surface area contributed by atoms with Gasteiger partial charge in [-0.2, -0.15) is 11.8 Å². The third kappa shape index (κ3) is 8.11. The van der Waals surface area contributed by atoms with E-state index in [9.17, 15) is 18.0 Å². The van der Waals surface area contributed by atoms with Crippen LogP contribution in [0.25, 0.3) is 0 Å². The summed E-state index contributed by atoms with van der Waals surface area (Å²) in [5.74, 6) is 0.194. The van der Waals surface area contributed by atoms with Gasteiger partial charge in [0.2, 0.25) is 27.1 Å². The van der Waals surface area contributed by atoms with Crippen molar-refractivity contribution < 1.29 is 22.5 Å². The van der Waals surface area contributed by atoms with E-state index in [-0.39, 0.29) is 35.6 Å². The van der Waals surface area contributed by atoms with Crippen LogP contribution in [-0.4, -0.2) is 61.1 Å². The van der Waals surface area contributed by atoms with Gasteiger partial charge in [0.15, 0.2) is 0 Å². The number of carbonyl (C=O) groups excluding carboxylic acids is 2. The molecule has 170 valence electrons. The molecule has 0 spiro atoms. The monoisotopic (exact) mass is 479 g/mol. The Hall–Kier alpha value is -1.26. The molecule has 30 heavy (non-hydrogen) atoms. The van der Waals surface area contributed by atoms with Gasteiger partial charge in [-0.05, 0) is 68.6 Å². The van der Waals surface area contributed by atoms with Crippen LogP contribution in [0.15, 0.2) is 4.52 Å². The Morgan fingerprint density at radius 1 is 1.33 bits per heavy atom. The van der Waals surface area contributed by atoms with Crippen LogP contribution in [0, 0.1) is 12.8 Å². The molecule has 0 aromatic carbocycles. The lowest BCUT2D eigenvalue weighted by atomic mass is 9.99. The van der Waals surface area contributed by atoms with E-state index in [2.05, 4.69) is 9.88 Å². The van der Waals surface area contributed by atoms with Gasteiger partial charge in [-0.3, -0.25) is 14.3 Å². The molecule has 1 aliphatic heterocycles. The molecule has 2 rings (SSSR count). The zero-order chi connectivity index (χ0) is 22.1. The summed E-state index contributed by atoms with van der Waals surface area (Å²) in [7, 11) is -3.78. The number of aromatic nitrogens is 1. The summed E-state index contributed by atoms with van der Waals surface area (Å²) in [5.41, 5.74) is 1.18. The Bertz CT molecular complexity index is 809. The maximum Gasteiger partial charge on any atom is 0.235 e. The van der Waals surface area contributed by atoms with Gasteiger partial charge in [-0.1, -0.05) is 5.16 Å². The molecule has 0 radical (unpaired) electrons. The Morgan fingerprint density at radius 2 is 2.10 bits per heavy atom. The highest BCUT2D eigenvalue weighted by Crippen LogP contribution is 2.21. The maximum absolute atomic E-state index is 12.4. The minimum absolute atomic E-state index is 0.0354. The van der Waals surface area contributed by atoms with Crippen molar-refractivity contribution >= 4 is 45.2 Å². The van der Waals surface area contributed by atoms with Crippen LogP contribution in [0.3, 0.4) is 0 Å². The molecule has 1 aromatic heterocycles. The SMILES string of the molecule is CSCCCCC(=O)N1CCCC(CS(=O)(=O)NC(=O)CCc2c(C)noc2Cl)C1. The lowest BCUT2D eigenvalue weighted by Gasteiger charge is -2.32. The fourth-order valence-corrected chi connectivity index (χ4v) is 5.75. The van der Waals surface area contributed by atoms with Gasteiger partial charge < -0.3 is 9.42 Å². The quantitative estimate of drug-likeness (QED) is 0.486. The summed E-state index contributed by atoms with van der Waals surface area (Å²) < 4.78 is 31.8. The number of nitrogens with zero attached hydrogens (tertiary/aromatic N) is 2. The number of hydrogen-bond donors (Lipinski definition) is 1. The van der Waals surface area contributed by atoms with Crippen LogP contribution in [0.2, 0.25) is 5.22 Å². The summed E-state index contributed by atoms with van der Waals surface area (Å²) in [6, 6.07) is 0. The summed E-state index contributed by atoms with van der Waals surface area (Å²) >= 11 is 7.63. The Kier molecular flexibility index (Phi) is 9.96. The molecular weight excluding hydrogens is 450 g/mol. The number of rotatable bonds is 11. The second-order valence-electron chi connectivity index (χ2n) is 7.62. The highest BCUT2D eigenvalue weighted by Gasteiger charge is 2.28. The standard InChI is InChI=1S/C19H30ClN3O5S2/c1-14-16(19(20)28-21-14)8-9-17(24)22-30(26,27)13-15-6-5-10-23(12-15)18(25)7-3-4-11-29-2/h15H,3-13H2,1-2H3,(H,22,24). The predicted molar refractivity (Wildman–Crippen MR) is 118 cm³/mol. The van der Waals surface area contributed by atoms with Crippen molar-refractivity contribution in [1.29, 1.82) is 0 Å². The fourth-order valence-electron chi connectivity index (χ4n) is 3.56. The molecule has 1 aromatic rings. The van der Waals surface area contributed by atoms with E-state index < -0.39 is 15.9 Å². The minimum Gasteiger partial charge on any atom is -0.344 e. The van der Waals surface area contributed by atoms with E-state index in [0.29, 0.717) is 30.8 Å².